The van der Waals surface area contributed by atoms with Crippen LogP contribution >= 0.6 is 15.9 Å². The predicted molar refractivity (Wildman–Crippen MR) is 69.2 cm³/mol. The maximum atomic E-state index is 10.9. The van der Waals surface area contributed by atoms with E-state index in [1.165, 1.54) is 6.07 Å². The Morgan fingerprint density at radius 3 is 2.82 bits per heavy atom. The van der Waals surface area contributed by atoms with E-state index in [0.717, 1.165) is 4.47 Å². The maximum absolute atomic E-state index is 10.9. The van der Waals surface area contributed by atoms with Crippen molar-refractivity contribution in [3.63, 3.8) is 0 Å². The minimum absolute atomic E-state index is 0.0630. The molecule has 0 saturated heterocycles. The number of likely N-dealkylation sites (N-methyl/N-ethyl adjacent to an activating group) is 1. The summed E-state index contributed by atoms with van der Waals surface area (Å²) in [6.07, 6.45) is 0.556. The molecule has 1 atom stereocenters. The fraction of sp³-hybridized carbons (Fsp3) is 0.455. The van der Waals surface area contributed by atoms with Gasteiger partial charge in [-0.25, -0.2) is 0 Å². The standard InChI is InChI=1S/C11H15BrN2O3/c1-13-10(7-17-2)6-8-5-9(12)3-4-11(8)14(15)16/h3-5,10,13H,6-7H2,1-2H3. The van der Waals surface area contributed by atoms with E-state index in [9.17, 15) is 10.1 Å². The van der Waals surface area contributed by atoms with Crippen LogP contribution in [0.3, 0.4) is 0 Å². The number of nitro groups is 1. The van der Waals surface area contributed by atoms with E-state index < -0.39 is 0 Å². The summed E-state index contributed by atoms with van der Waals surface area (Å²) in [5.41, 5.74) is 0.838. The summed E-state index contributed by atoms with van der Waals surface area (Å²) >= 11 is 3.32. The predicted octanol–water partition coefficient (Wildman–Crippen LogP) is 2.13. The lowest BCUT2D eigenvalue weighted by Crippen LogP contribution is -2.32. The van der Waals surface area contributed by atoms with Crippen LogP contribution in [-0.2, 0) is 11.2 Å². The Balaban J connectivity index is 2.94. The van der Waals surface area contributed by atoms with Crippen molar-refractivity contribution in [3.05, 3.63) is 38.3 Å². The van der Waals surface area contributed by atoms with E-state index in [2.05, 4.69) is 21.2 Å². The first-order chi connectivity index (χ1) is 8.08. The van der Waals surface area contributed by atoms with Crippen molar-refractivity contribution in [1.29, 1.82) is 0 Å². The number of halogens is 1. The molecule has 0 amide bonds. The van der Waals surface area contributed by atoms with Crippen LogP contribution in [0.5, 0.6) is 0 Å². The van der Waals surface area contributed by atoms with Crippen LogP contribution in [0.2, 0.25) is 0 Å². The van der Waals surface area contributed by atoms with Crippen molar-refractivity contribution in [3.8, 4) is 0 Å². The number of rotatable bonds is 6. The zero-order valence-electron chi connectivity index (χ0n) is 9.77. The number of hydrogen-bond donors (Lipinski definition) is 1. The van der Waals surface area contributed by atoms with Crippen molar-refractivity contribution in [2.45, 2.75) is 12.5 Å². The summed E-state index contributed by atoms with van der Waals surface area (Å²) in [4.78, 5) is 10.5. The number of ether oxygens (including phenoxy) is 1. The number of nitrogens with zero attached hydrogens (tertiary/aromatic N) is 1. The van der Waals surface area contributed by atoms with Gasteiger partial charge in [-0.2, -0.15) is 0 Å². The van der Waals surface area contributed by atoms with E-state index in [1.807, 2.05) is 7.05 Å². The van der Waals surface area contributed by atoms with Gasteiger partial charge in [0.15, 0.2) is 0 Å². The Hall–Kier alpha value is -0.980. The fourth-order valence-corrected chi connectivity index (χ4v) is 2.02. The van der Waals surface area contributed by atoms with E-state index >= 15 is 0 Å². The summed E-state index contributed by atoms with van der Waals surface area (Å²) in [6, 6.07) is 5.02. The molecular formula is C11H15BrN2O3. The molecule has 0 aliphatic heterocycles. The summed E-state index contributed by atoms with van der Waals surface area (Å²) in [7, 11) is 3.42. The highest BCUT2D eigenvalue weighted by Gasteiger charge is 2.17. The van der Waals surface area contributed by atoms with E-state index in [4.69, 9.17) is 4.74 Å². The highest BCUT2D eigenvalue weighted by atomic mass is 79.9. The molecule has 0 saturated carbocycles. The summed E-state index contributed by atoms with van der Waals surface area (Å²) < 4.78 is 5.89. The Kier molecular flexibility index (Phi) is 5.54. The van der Waals surface area contributed by atoms with Gasteiger partial charge in [0.1, 0.15) is 0 Å². The molecule has 0 radical (unpaired) electrons. The number of benzene rings is 1. The molecular weight excluding hydrogens is 288 g/mol. The average molecular weight is 303 g/mol. The molecule has 0 aliphatic carbocycles. The lowest BCUT2D eigenvalue weighted by Gasteiger charge is -2.15. The van der Waals surface area contributed by atoms with Crippen molar-refractivity contribution < 1.29 is 9.66 Å². The van der Waals surface area contributed by atoms with Gasteiger partial charge in [0.2, 0.25) is 0 Å². The molecule has 0 aromatic heterocycles. The van der Waals surface area contributed by atoms with Crippen LogP contribution < -0.4 is 5.32 Å². The van der Waals surface area contributed by atoms with Gasteiger partial charge >= 0.3 is 0 Å². The van der Waals surface area contributed by atoms with E-state index in [0.29, 0.717) is 18.6 Å². The second-order valence-corrected chi connectivity index (χ2v) is 4.59. The number of methoxy groups -OCH3 is 1. The third-order valence-electron chi connectivity index (χ3n) is 2.48. The van der Waals surface area contributed by atoms with Crippen LogP contribution in [0.1, 0.15) is 5.56 Å². The van der Waals surface area contributed by atoms with Crippen molar-refractivity contribution in [2.24, 2.45) is 0 Å². The monoisotopic (exact) mass is 302 g/mol. The first-order valence-electron chi connectivity index (χ1n) is 5.17. The Labute approximate surface area is 108 Å². The quantitative estimate of drug-likeness (QED) is 0.646. The zero-order chi connectivity index (χ0) is 12.8. The molecule has 0 fully saturated rings. The molecule has 1 rings (SSSR count). The summed E-state index contributed by atoms with van der Waals surface area (Å²) in [5.74, 6) is 0. The Bertz CT molecular complexity index is 398. The van der Waals surface area contributed by atoms with E-state index in [-0.39, 0.29) is 16.7 Å². The lowest BCUT2D eigenvalue weighted by molar-refractivity contribution is -0.385. The van der Waals surface area contributed by atoms with Crippen LogP contribution in [-0.4, -0.2) is 31.7 Å². The molecule has 94 valence electrons. The lowest BCUT2D eigenvalue weighted by atomic mass is 10.0. The molecule has 1 unspecified atom stereocenters. The van der Waals surface area contributed by atoms with Crippen molar-refractivity contribution in [1.82, 2.24) is 5.32 Å². The Morgan fingerprint density at radius 1 is 1.59 bits per heavy atom. The smallest absolute Gasteiger partial charge is 0.272 e. The molecule has 1 N–H and O–H groups in total. The average Bonchev–Trinajstić information content (AvgIpc) is 2.28. The Morgan fingerprint density at radius 2 is 2.29 bits per heavy atom. The summed E-state index contributed by atoms with van der Waals surface area (Å²) in [5, 5.41) is 14.0. The summed E-state index contributed by atoms with van der Waals surface area (Å²) in [6.45, 7) is 0.514. The highest BCUT2D eigenvalue weighted by Crippen LogP contribution is 2.24. The van der Waals surface area contributed by atoms with Crippen molar-refractivity contribution in [2.75, 3.05) is 20.8 Å². The minimum atomic E-state index is -0.360. The molecule has 17 heavy (non-hydrogen) atoms. The van der Waals surface area contributed by atoms with Gasteiger partial charge in [0.25, 0.3) is 5.69 Å². The second-order valence-electron chi connectivity index (χ2n) is 3.68. The third kappa shape index (κ3) is 4.07. The highest BCUT2D eigenvalue weighted by molar-refractivity contribution is 9.10. The van der Waals surface area contributed by atoms with Gasteiger partial charge in [-0.15, -0.1) is 0 Å². The third-order valence-corrected chi connectivity index (χ3v) is 2.97. The first kappa shape index (κ1) is 14.1. The molecule has 0 spiro atoms. The number of nitrogens with one attached hydrogen (secondary N) is 1. The van der Waals surface area contributed by atoms with Crippen LogP contribution in [0.15, 0.2) is 22.7 Å². The molecule has 1 aromatic rings. The fourth-order valence-electron chi connectivity index (χ4n) is 1.61. The minimum Gasteiger partial charge on any atom is -0.383 e. The van der Waals surface area contributed by atoms with Gasteiger partial charge < -0.3 is 10.1 Å². The van der Waals surface area contributed by atoms with Gasteiger partial charge in [-0.1, -0.05) is 15.9 Å². The molecule has 0 heterocycles. The molecule has 5 nitrogen and oxygen atoms in total. The normalized spacial score (nSPS) is 12.4. The van der Waals surface area contributed by atoms with Gasteiger partial charge in [-0.3, -0.25) is 10.1 Å². The van der Waals surface area contributed by atoms with Gasteiger partial charge in [0, 0.05) is 29.3 Å². The SMILES string of the molecule is CNC(COC)Cc1cc(Br)ccc1[N+](=O)[O-]. The van der Waals surface area contributed by atoms with Crippen molar-refractivity contribution >= 4 is 21.6 Å². The van der Waals surface area contributed by atoms with Crippen LogP contribution in [0.4, 0.5) is 5.69 Å². The zero-order valence-corrected chi connectivity index (χ0v) is 11.4. The number of nitro benzene ring substituents is 1. The second kappa shape index (κ2) is 6.68. The number of hydrogen-bond acceptors (Lipinski definition) is 4. The maximum Gasteiger partial charge on any atom is 0.272 e. The molecule has 6 heteroatoms. The van der Waals surface area contributed by atoms with Crippen LogP contribution in [0, 0.1) is 10.1 Å². The topological polar surface area (TPSA) is 64.4 Å². The first-order valence-corrected chi connectivity index (χ1v) is 5.96. The molecule has 1 aromatic carbocycles. The molecule has 0 bridgehead atoms. The molecule has 0 aliphatic rings. The van der Waals surface area contributed by atoms with E-state index in [1.54, 1.807) is 19.2 Å². The van der Waals surface area contributed by atoms with Gasteiger partial charge in [-0.05, 0) is 25.6 Å². The van der Waals surface area contributed by atoms with Gasteiger partial charge in [0.05, 0.1) is 11.5 Å². The van der Waals surface area contributed by atoms with Crippen LogP contribution in [0.25, 0.3) is 0 Å². The largest absolute Gasteiger partial charge is 0.383 e.